The molecule has 0 spiro atoms. The van der Waals surface area contributed by atoms with Gasteiger partial charge in [-0.2, -0.15) is 0 Å². The number of halogens is 1. The van der Waals surface area contributed by atoms with Gasteiger partial charge in [0.25, 0.3) is 0 Å². The number of rotatable bonds is 5. The van der Waals surface area contributed by atoms with E-state index in [1.165, 1.54) is 19.5 Å². The minimum Gasteiger partial charge on any atom is -0.356 e. The predicted octanol–water partition coefficient (Wildman–Crippen LogP) is 1.11. The van der Waals surface area contributed by atoms with Crippen molar-refractivity contribution in [3.05, 3.63) is 0 Å². The van der Waals surface area contributed by atoms with E-state index in [0.29, 0.717) is 0 Å². The van der Waals surface area contributed by atoms with Gasteiger partial charge >= 0.3 is 0 Å². The van der Waals surface area contributed by atoms with Crippen LogP contribution in [0.2, 0.25) is 0 Å². The van der Waals surface area contributed by atoms with Gasteiger partial charge in [-0.3, -0.25) is 4.79 Å². The van der Waals surface area contributed by atoms with Crippen LogP contribution >= 0.6 is 12.4 Å². The zero-order valence-corrected chi connectivity index (χ0v) is 13.0. The van der Waals surface area contributed by atoms with E-state index in [9.17, 15) is 4.79 Å². The number of nitrogens with one attached hydrogen (secondary N) is 2. The molecule has 0 aromatic carbocycles. The molecule has 0 aliphatic carbocycles. The van der Waals surface area contributed by atoms with Crippen LogP contribution in [-0.4, -0.2) is 50.1 Å². The second kappa shape index (κ2) is 8.08. The third kappa shape index (κ3) is 5.28. The Morgan fingerprint density at radius 2 is 1.89 bits per heavy atom. The Labute approximate surface area is 123 Å². The maximum absolute atomic E-state index is 11.6. The molecular formula is C14H28ClN3O. The Morgan fingerprint density at radius 1 is 1.26 bits per heavy atom. The van der Waals surface area contributed by atoms with Gasteiger partial charge in [-0.25, -0.2) is 0 Å². The van der Waals surface area contributed by atoms with Gasteiger partial charge < -0.3 is 15.5 Å². The summed E-state index contributed by atoms with van der Waals surface area (Å²) in [6.07, 6.45) is 2.44. The maximum atomic E-state index is 11.6. The van der Waals surface area contributed by atoms with Gasteiger partial charge in [-0.1, -0.05) is 13.8 Å². The van der Waals surface area contributed by atoms with Crippen LogP contribution < -0.4 is 10.6 Å². The molecule has 2 fully saturated rings. The molecule has 2 atom stereocenters. The van der Waals surface area contributed by atoms with Gasteiger partial charge in [0.15, 0.2) is 0 Å². The van der Waals surface area contributed by atoms with E-state index in [1.54, 1.807) is 0 Å². The number of carbonyl (C=O) groups excluding carboxylic acids is 1. The van der Waals surface area contributed by atoms with Crippen molar-refractivity contribution >= 4 is 18.3 Å². The number of piperidine rings is 1. The normalized spacial score (nSPS) is 28.3. The maximum Gasteiger partial charge on any atom is 0.225 e. The standard InChI is InChI=1S/C14H27N3O.ClH/c1-11-6-12(2)10-17(9-11)5-3-4-16-14(18)13-7-15-8-13;/h11-13,15H,3-10H2,1-2H3,(H,16,18);1H. The molecule has 19 heavy (non-hydrogen) atoms. The van der Waals surface area contributed by atoms with Crippen LogP contribution in [-0.2, 0) is 4.79 Å². The molecule has 0 aromatic heterocycles. The van der Waals surface area contributed by atoms with E-state index in [0.717, 1.165) is 44.4 Å². The summed E-state index contributed by atoms with van der Waals surface area (Å²) in [5.41, 5.74) is 0. The molecule has 2 saturated heterocycles. The molecule has 2 N–H and O–H groups in total. The molecule has 112 valence electrons. The van der Waals surface area contributed by atoms with E-state index in [2.05, 4.69) is 29.4 Å². The summed E-state index contributed by atoms with van der Waals surface area (Å²) < 4.78 is 0. The summed E-state index contributed by atoms with van der Waals surface area (Å²) in [6.45, 7) is 10.8. The number of likely N-dealkylation sites (tertiary alicyclic amines) is 1. The van der Waals surface area contributed by atoms with Gasteiger partial charge in [-0.05, 0) is 31.2 Å². The van der Waals surface area contributed by atoms with E-state index in [1.807, 2.05) is 0 Å². The van der Waals surface area contributed by atoms with Crippen LogP contribution in [0.4, 0.5) is 0 Å². The quantitative estimate of drug-likeness (QED) is 0.746. The van der Waals surface area contributed by atoms with Crippen molar-refractivity contribution in [1.29, 1.82) is 0 Å². The minimum atomic E-state index is 0. The molecule has 2 aliphatic heterocycles. The van der Waals surface area contributed by atoms with Gasteiger partial charge in [0.1, 0.15) is 0 Å². The summed E-state index contributed by atoms with van der Waals surface area (Å²) in [5.74, 6) is 2.10. The summed E-state index contributed by atoms with van der Waals surface area (Å²) in [5, 5.41) is 6.17. The average molecular weight is 290 g/mol. The SMILES string of the molecule is CC1CC(C)CN(CCCNC(=O)C2CNC2)C1.Cl. The van der Waals surface area contributed by atoms with Crippen LogP contribution in [0.15, 0.2) is 0 Å². The highest BCUT2D eigenvalue weighted by molar-refractivity contribution is 5.85. The smallest absolute Gasteiger partial charge is 0.225 e. The second-order valence-electron chi connectivity index (χ2n) is 6.21. The summed E-state index contributed by atoms with van der Waals surface area (Å²) in [6, 6.07) is 0. The largest absolute Gasteiger partial charge is 0.356 e. The third-order valence-corrected chi connectivity index (χ3v) is 4.05. The lowest BCUT2D eigenvalue weighted by Crippen LogP contribution is -2.51. The Balaban J connectivity index is 0.00000180. The van der Waals surface area contributed by atoms with Crippen molar-refractivity contribution in [2.75, 3.05) is 39.3 Å². The first-order valence-corrected chi connectivity index (χ1v) is 7.36. The molecule has 5 heteroatoms. The highest BCUT2D eigenvalue weighted by Crippen LogP contribution is 2.20. The number of nitrogens with zero attached hydrogens (tertiary/aromatic N) is 1. The molecule has 2 unspecified atom stereocenters. The van der Waals surface area contributed by atoms with Crippen LogP contribution in [0.25, 0.3) is 0 Å². The van der Waals surface area contributed by atoms with Crippen molar-refractivity contribution in [2.24, 2.45) is 17.8 Å². The first kappa shape index (κ1) is 16.7. The zero-order chi connectivity index (χ0) is 13.0. The molecule has 4 nitrogen and oxygen atoms in total. The fraction of sp³-hybridized carbons (Fsp3) is 0.929. The molecule has 0 aromatic rings. The molecule has 1 amide bonds. The Kier molecular flexibility index (Phi) is 7.11. The first-order chi connectivity index (χ1) is 8.65. The Morgan fingerprint density at radius 3 is 2.42 bits per heavy atom. The third-order valence-electron chi connectivity index (χ3n) is 4.05. The fourth-order valence-corrected chi connectivity index (χ4v) is 3.11. The van der Waals surface area contributed by atoms with Crippen molar-refractivity contribution in [3.8, 4) is 0 Å². The number of hydrogen-bond donors (Lipinski definition) is 2. The zero-order valence-electron chi connectivity index (χ0n) is 12.2. The number of carbonyl (C=O) groups is 1. The number of hydrogen-bond acceptors (Lipinski definition) is 3. The van der Waals surface area contributed by atoms with Crippen molar-refractivity contribution in [3.63, 3.8) is 0 Å². The van der Waals surface area contributed by atoms with E-state index >= 15 is 0 Å². The monoisotopic (exact) mass is 289 g/mol. The Bertz CT molecular complexity index is 274. The van der Waals surface area contributed by atoms with Gasteiger partial charge in [-0.15, -0.1) is 12.4 Å². The molecule has 0 saturated carbocycles. The minimum absolute atomic E-state index is 0. The van der Waals surface area contributed by atoms with Crippen molar-refractivity contribution in [2.45, 2.75) is 26.7 Å². The molecule has 2 heterocycles. The van der Waals surface area contributed by atoms with Crippen LogP contribution in [0.1, 0.15) is 26.7 Å². The predicted molar refractivity (Wildman–Crippen MR) is 80.6 cm³/mol. The molecular weight excluding hydrogens is 262 g/mol. The second-order valence-corrected chi connectivity index (χ2v) is 6.21. The summed E-state index contributed by atoms with van der Waals surface area (Å²) in [4.78, 5) is 14.2. The summed E-state index contributed by atoms with van der Waals surface area (Å²) in [7, 11) is 0. The van der Waals surface area contributed by atoms with Crippen LogP contribution in [0, 0.1) is 17.8 Å². The van der Waals surface area contributed by atoms with Gasteiger partial charge in [0.2, 0.25) is 5.91 Å². The highest BCUT2D eigenvalue weighted by Gasteiger charge is 2.24. The van der Waals surface area contributed by atoms with Crippen molar-refractivity contribution < 1.29 is 4.79 Å². The summed E-state index contributed by atoms with van der Waals surface area (Å²) >= 11 is 0. The number of amides is 1. The van der Waals surface area contributed by atoms with Gasteiger partial charge in [0, 0.05) is 32.7 Å². The van der Waals surface area contributed by atoms with Crippen LogP contribution in [0.5, 0.6) is 0 Å². The van der Waals surface area contributed by atoms with E-state index in [-0.39, 0.29) is 24.2 Å². The molecule has 2 rings (SSSR count). The van der Waals surface area contributed by atoms with Crippen LogP contribution in [0.3, 0.4) is 0 Å². The Hall–Kier alpha value is -0.320. The lowest BCUT2D eigenvalue weighted by Gasteiger charge is -2.35. The first-order valence-electron chi connectivity index (χ1n) is 7.36. The average Bonchev–Trinajstić information content (AvgIpc) is 2.20. The van der Waals surface area contributed by atoms with Crippen molar-refractivity contribution in [1.82, 2.24) is 15.5 Å². The van der Waals surface area contributed by atoms with E-state index < -0.39 is 0 Å². The van der Waals surface area contributed by atoms with E-state index in [4.69, 9.17) is 0 Å². The van der Waals surface area contributed by atoms with Gasteiger partial charge in [0.05, 0.1) is 5.92 Å². The highest BCUT2D eigenvalue weighted by atomic mass is 35.5. The topological polar surface area (TPSA) is 44.4 Å². The molecule has 0 radical (unpaired) electrons. The fourth-order valence-electron chi connectivity index (χ4n) is 3.11. The molecule has 0 bridgehead atoms. The molecule has 2 aliphatic rings. The lowest BCUT2D eigenvalue weighted by molar-refractivity contribution is -0.126. The lowest BCUT2D eigenvalue weighted by atomic mass is 9.92.